The SMILES string of the molecule is CC(C)CC[C@@H](C)NC(=O)[C@@H]1CCCc2cccnc21. The van der Waals surface area contributed by atoms with Crippen molar-refractivity contribution in [2.45, 2.75) is 64.8 Å². The zero-order valence-electron chi connectivity index (χ0n) is 12.9. The fraction of sp³-hybridized carbons (Fsp3) is 0.647. The lowest BCUT2D eigenvalue weighted by atomic mass is 9.86. The van der Waals surface area contributed by atoms with Crippen LogP contribution in [0.25, 0.3) is 0 Å². The highest BCUT2D eigenvalue weighted by Gasteiger charge is 2.28. The van der Waals surface area contributed by atoms with Crippen LogP contribution in [0.2, 0.25) is 0 Å². The van der Waals surface area contributed by atoms with Crippen molar-refractivity contribution in [1.82, 2.24) is 10.3 Å². The fourth-order valence-corrected chi connectivity index (χ4v) is 2.86. The van der Waals surface area contributed by atoms with E-state index in [1.165, 1.54) is 5.56 Å². The molecular weight excluding hydrogens is 248 g/mol. The Morgan fingerprint density at radius 3 is 2.95 bits per heavy atom. The Kier molecular flexibility index (Phi) is 5.16. The maximum absolute atomic E-state index is 12.5. The number of hydrogen-bond donors (Lipinski definition) is 1. The highest BCUT2D eigenvalue weighted by atomic mass is 16.1. The zero-order valence-corrected chi connectivity index (χ0v) is 12.9. The van der Waals surface area contributed by atoms with Gasteiger partial charge in [-0.25, -0.2) is 0 Å². The molecule has 1 aromatic rings. The van der Waals surface area contributed by atoms with Gasteiger partial charge in [0.05, 0.1) is 11.6 Å². The number of pyridine rings is 1. The van der Waals surface area contributed by atoms with E-state index in [0.717, 1.165) is 37.8 Å². The van der Waals surface area contributed by atoms with Gasteiger partial charge in [0.15, 0.2) is 0 Å². The first-order valence-corrected chi connectivity index (χ1v) is 7.82. The molecule has 2 atom stereocenters. The van der Waals surface area contributed by atoms with E-state index in [1.54, 1.807) is 6.20 Å². The molecule has 0 aromatic carbocycles. The number of amides is 1. The Bertz CT molecular complexity index is 456. The average Bonchev–Trinajstić information content (AvgIpc) is 2.44. The van der Waals surface area contributed by atoms with Crippen LogP contribution in [-0.2, 0) is 11.2 Å². The zero-order chi connectivity index (χ0) is 14.5. The summed E-state index contributed by atoms with van der Waals surface area (Å²) in [6.45, 7) is 6.54. The molecule has 110 valence electrons. The molecule has 1 heterocycles. The van der Waals surface area contributed by atoms with E-state index in [0.29, 0.717) is 5.92 Å². The summed E-state index contributed by atoms with van der Waals surface area (Å²) in [7, 11) is 0. The van der Waals surface area contributed by atoms with E-state index in [4.69, 9.17) is 0 Å². The van der Waals surface area contributed by atoms with Crippen molar-refractivity contribution in [3.63, 3.8) is 0 Å². The summed E-state index contributed by atoms with van der Waals surface area (Å²) in [6, 6.07) is 4.31. The van der Waals surface area contributed by atoms with Gasteiger partial charge in [-0.1, -0.05) is 19.9 Å². The number of nitrogens with one attached hydrogen (secondary N) is 1. The van der Waals surface area contributed by atoms with Crippen LogP contribution in [0.1, 0.15) is 63.6 Å². The minimum Gasteiger partial charge on any atom is -0.353 e. The second kappa shape index (κ2) is 6.87. The molecule has 1 amide bonds. The standard InChI is InChI=1S/C17H26N2O/c1-12(2)9-10-13(3)19-17(20)15-8-4-6-14-7-5-11-18-16(14)15/h5,7,11-13,15H,4,6,8-10H2,1-3H3,(H,19,20)/t13-,15-/m1/s1. The summed E-state index contributed by atoms with van der Waals surface area (Å²) in [5, 5.41) is 3.17. The van der Waals surface area contributed by atoms with Gasteiger partial charge in [0.2, 0.25) is 5.91 Å². The van der Waals surface area contributed by atoms with Gasteiger partial charge in [0.25, 0.3) is 0 Å². The van der Waals surface area contributed by atoms with Gasteiger partial charge in [-0.3, -0.25) is 9.78 Å². The van der Waals surface area contributed by atoms with Crippen LogP contribution in [0.4, 0.5) is 0 Å². The van der Waals surface area contributed by atoms with Crippen molar-refractivity contribution in [3.8, 4) is 0 Å². The Morgan fingerprint density at radius 2 is 2.20 bits per heavy atom. The molecule has 0 spiro atoms. The maximum Gasteiger partial charge on any atom is 0.229 e. The second-order valence-corrected chi connectivity index (χ2v) is 6.37. The molecule has 0 bridgehead atoms. The minimum atomic E-state index is -0.0542. The number of hydrogen-bond acceptors (Lipinski definition) is 2. The lowest BCUT2D eigenvalue weighted by Crippen LogP contribution is -2.37. The molecule has 2 rings (SSSR count). The van der Waals surface area contributed by atoms with Crippen molar-refractivity contribution < 1.29 is 4.79 Å². The minimum absolute atomic E-state index is 0.0542. The summed E-state index contributed by atoms with van der Waals surface area (Å²) in [5.74, 6) is 0.786. The van der Waals surface area contributed by atoms with Gasteiger partial charge in [-0.15, -0.1) is 0 Å². The number of nitrogens with zero attached hydrogens (tertiary/aromatic N) is 1. The van der Waals surface area contributed by atoms with E-state index < -0.39 is 0 Å². The van der Waals surface area contributed by atoms with Crippen LogP contribution in [0.3, 0.4) is 0 Å². The summed E-state index contributed by atoms with van der Waals surface area (Å²) in [5.41, 5.74) is 2.24. The number of fused-ring (bicyclic) bond motifs is 1. The molecule has 20 heavy (non-hydrogen) atoms. The van der Waals surface area contributed by atoms with Crippen molar-refractivity contribution in [3.05, 3.63) is 29.6 Å². The van der Waals surface area contributed by atoms with Crippen molar-refractivity contribution in [2.75, 3.05) is 0 Å². The Hall–Kier alpha value is -1.38. The van der Waals surface area contributed by atoms with E-state index in [1.807, 2.05) is 6.07 Å². The van der Waals surface area contributed by atoms with Gasteiger partial charge in [-0.2, -0.15) is 0 Å². The topological polar surface area (TPSA) is 42.0 Å². The van der Waals surface area contributed by atoms with E-state index >= 15 is 0 Å². The molecule has 1 aliphatic carbocycles. The Morgan fingerprint density at radius 1 is 1.40 bits per heavy atom. The molecule has 0 aliphatic heterocycles. The average molecular weight is 274 g/mol. The third-order valence-corrected chi connectivity index (χ3v) is 4.08. The molecule has 0 saturated carbocycles. The first-order valence-electron chi connectivity index (χ1n) is 7.82. The maximum atomic E-state index is 12.5. The van der Waals surface area contributed by atoms with Gasteiger partial charge < -0.3 is 5.32 Å². The highest BCUT2D eigenvalue weighted by molar-refractivity contribution is 5.84. The number of aryl methyl sites for hydroxylation is 1. The molecule has 1 aliphatic rings. The quantitative estimate of drug-likeness (QED) is 0.893. The van der Waals surface area contributed by atoms with Gasteiger partial charge in [0.1, 0.15) is 0 Å². The predicted octanol–water partition coefficient (Wildman–Crippen LogP) is 3.44. The van der Waals surface area contributed by atoms with Crippen molar-refractivity contribution in [2.24, 2.45) is 5.92 Å². The van der Waals surface area contributed by atoms with Crippen LogP contribution in [-0.4, -0.2) is 16.9 Å². The van der Waals surface area contributed by atoms with E-state index in [9.17, 15) is 4.79 Å². The molecule has 1 N–H and O–H groups in total. The second-order valence-electron chi connectivity index (χ2n) is 6.37. The summed E-state index contributed by atoms with van der Waals surface area (Å²) >= 11 is 0. The van der Waals surface area contributed by atoms with Gasteiger partial charge in [-0.05, 0) is 56.6 Å². The van der Waals surface area contributed by atoms with E-state index in [-0.39, 0.29) is 17.9 Å². The monoisotopic (exact) mass is 274 g/mol. The molecule has 0 saturated heterocycles. The lowest BCUT2D eigenvalue weighted by molar-refractivity contribution is -0.123. The van der Waals surface area contributed by atoms with Crippen molar-refractivity contribution in [1.29, 1.82) is 0 Å². The fourth-order valence-electron chi connectivity index (χ4n) is 2.86. The van der Waals surface area contributed by atoms with Crippen LogP contribution in [0, 0.1) is 5.92 Å². The molecular formula is C17H26N2O. The first kappa shape index (κ1) is 15.0. The number of carbonyl (C=O) groups is 1. The molecule has 0 unspecified atom stereocenters. The highest BCUT2D eigenvalue weighted by Crippen LogP contribution is 2.30. The van der Waals surface area contributed by atoms with Crippen LogP contribution in [0.15, 0.2) is 18.3 Å². The number of carbonyl (C=O) groups excluding carboxylic acids is 1. The predicted molar refractivity (Wildman–Crippen MR) is 81.6 cm³/mol. The van der Waals surface area contributed by atoms with Crippen LogP contribution >= 0.6 is 0 Å². The molecule has 0 fully saturated rings. The van der Waals surface area contributed by atoms with E-state index in [2.05, 4.69) is 37.1 Å². The molecule has 0 radical (unpaired) electrons. The lowest BCUT2D eigenvalue weighted by Gasteiger charge is -2.25. The third kappa shape index (κ3) is 3.81. The summed E-state index contributed by atoms with van der Waals surface area (Å²) in [4.78, 5) is 16.9. The van der Waals surface area contributed by atoms with Crippen LogP contribution in [0.5, 0.6) is 0 Å². The Labute approximate surface area is 122 Å². The molecule has 3 heteroatoms. The first-order chi connectivity index (χ1) is 9.58. The normalized spacial score (nSPS) is 19.5. The Balaban J connectivity index is 1.97. The third-order valence-electron chi connectivity index (χ3n) is 4.08. The van der Waals surface area contributed by atoms with Crippen molar-refractivity contribution >= 4 is 5.91 Å². The molecule has 1 aromatic heterocycles. The number of aromatic nitrogens is 1. The summed E-state index contributed by atoms with van der Waals surface area (Å²) in [6.07, 6.45) is 7.05. The van der Waals surface area contributed by atoms with Gasteiger partial charge >= 0.3 is 0 Å². The number of rotatable bonds is 5. The smallest absolute Gasteiger partial charge is 0.229 e. The largest absolute Gasteiger partial charge is 0.353 e. The molecule has 3 nitrogen and oxygen atoms in total. The van der Waals surface area contributed by atoms with Gasteiger partial charge in [0, 0.05) is 12.2 Å². The summed E-state index contributed by atoms with van der Waals surface area (Å²) < 4.78 is 0. The van der Waals surface area contributed by atoms with Crippen LogP contribution < -0.4 is 5.32 Å².